The Kier molecular flexibility index (Phi) is 14.3. The van der Waals surface area contributed by atoms with Gasteiger partial charge in [0.25, 0.3) is 0 Å². The van der Waals surface area contributed by atoms with Gasteiger partial charge in [0.2, 0.25) is 0 Å². The maximum atomic E-state index is 10.7. The lowest BCUT2D eigenvalue weighted by atomic mass is 9.99. The second-order valence-electron chi connectivity index (χ2n) is 3.98. The van der Waals surface area contributed by atoms with Crippen molar-refractivity contribution in [1.82, 2.24) is 4.90 Å². The number of piperidine rings is 1. The topological polar surface area (TPSA) is 20.3 Å². The van der Waals surface area contributed by atoms with Gasteiger partial charge in [0.05, 0.1) is 0 Å². The highest BCUT2D eigenvalue weighted by atomic mass is 16.1. The van der Waals surface area contributed by atoms with Crippen LogP contribution in [0.3, 0.4) is 0 Å². The van der Waals surface area contributed by atoms with Crippen LogP contribution in [0.2, 0.25) is 0 Å². The van der Waals surface area contributed by atoms with Crippen LogP contribution in [0.25, 0.3) is 0 Å². The van der Waals surface area contributed by atoms with Crippen molar-refractivity contribution < 1.29 is 4.79 Å². The summed E-state index contributed by atoms with van der Waals surface area (Å²) in [5.74, 6) is 1.20. The molecule has 0 unspecified atom stereocenters. The van der Waals surface area contributed by atoms with Gasteiger partial charge in [-0.05, 0) is 38.8 Å². The Morgan fingerprint density at radius 1 is 1.12 bits per heavy atom. The molecule has 1 aliphatic rings. The van der Waals surface area contributed by atoms with E-state index in [9.17, 15) is 4.79 Å². The predicted octanol–water partition coefficient (Wildman–Crippen LogP) is 3.75. The van der Waals surface area contributed by atoms with Crippen LogP contribution in [0.1, 0.15) is 60.8 Å². The molecule has 0 N–H and O–H groups in total. The zero-order valence-corrected chi connectivity index (χ0v) is 12.2. The second-order valence-corrected chi connectivity index (χ2v) is 3.98. The van der Waals surface area contributed by atoms with Crippen LogP contribution in [-0.2, 0) is 4.79 Å². The number of rotatable bonds is 3. The molecular formula is C14H31NO. The number of carbonyl (C=O) groups is 1. The lowest BCUT2D eigenvalue weighted by molar-refractivity contribution is -0.117. The number of hydrogen-bond donors (Lipinski definition) is 0. The zero-order valence-electron chi connectivity index (χ0n) is 12.2. The third-order valence-corrected chi connectivity index (χ3v) is 2.66. The minimum Gasteiger partial charge on any atom is -0.303 e. The molecule has 0 radical (unpaired) electrons. The van der Waals surface area contributed by atoms with E-state index in [4.69, 9.17) is 0 Å². The Hall–Kier alpha value is -0.370. The summed E-state index contributed by atoms with van der Waals surface area (Å²) in [6, 6.07) is 0. The molecule has 0 atom stereocenters. The van der Waals surface area contributed by atoms with Crippen molar-refractivity contribution in [2.45, 2.75) is 60.8 Å². The number of carbonyl (C=O) groups excluding carboxylic acids is 1. The van der Waals surface area contributed by atoms with Gasteiger partial charge in [0.1, 0.15) is 5.78 Å². The fourth-order valence-corrected chi connectivity index (χ4v) is 1.60. The van der Waals surface area contributed by atoms with Gasteiger partial charge in [-0.2, -0.15) is 0 Å². The Labute approximate surface area is 102 Å². The highest BCUT2D eigenvalue weighted by Crippen LogP contribution is 2.15. The molecule has 1 heterocycles. The summed E-state index contributed by atoms with van der Waals surface area (Å²) in [5.41, 5.74) is 0. The Bertz CT molecular complexity index is 149. The average molecular weight is 229 g/mol. The van der Waals surface area contributed by atoms with Gasteiger partial charge in [-0.3, -0.25) is 4.79 Å². The van der Waals surface area contributed by atoms with Crippen molar-refractivity contribution in [3.8, 4) is 0 Å². The van der Waals surface area contributed by atoms with Gasteiger partial charge >= 0.3 is 0 Å². The molecule has 0 amide bonds. The molecule has 0 aromatic carbocycles. The Morgan fingerprint density at radius 2 is 1.56 bits per heavy atom. The number of hydrogen-bond acceptors (Lipinski definition) is 2. The second kappa shape index (κ2) is 12.7. The molecule has 1 saturated heterocycles. The maximum Gasteiger partial charge on any atom is 0.131 e. The van der Waals surface area contributed by atoms with E-state index in [0.717, 1.165) is 18.9 Å². The lowest BCUT2D eigenvalue weighted by Crippen LogP contribution is -2.34. The molecule has 0 aromatic rings. The zero-order chi connectivity index (χ0) is 13.0. The van der Waals surface area contributed by atoms with Crippen LogP contribution in [-0.4, -0.2) is 30.3 Å². The van der Waals surface area contributed by atoms with E-state index >= 15 is 0 Å². The largest absolute Gasteiger partial charge is 0.303 e. The van der Waals surface area contributed by atoms with E-state index in [1.54, 1.807) is 6.92 Å². The van der Waals surface area contributed by atoms with Crippen molar-refractivity contribution in [1.29, 1.82) is 0 Å². The molecule has 1 fully saturated rings. The maximum absolute atomic E-state index is 10.7. The van der Waals surface area contributed by atoms with E-state index < -0.39 is 0 Å². The van der Waals surface area contributed by atoms with E-state index in [1.807, 2.05) is 27.7 Å². The van der Waals surface area contributed by atoms with Gasteiger partial charge in [0.15, 0.2) is 0 Å². The summed E-state index contributed by atoms with van der Waals surface area (Å²) >= 11 is 0. The van der Waals surface area contributed by atoms with E-state index in [1.165, 1.54) is 25.9 Å². The smallest absolute Gasteiger partial charge is 0.131 e. The van der Waals surface area contributed by atoms with Crippen molar-refractivity contribution >= 4 is 5.78 Å². The molecular weight excluding hydrogens is 198 g/mol. The standard InChI is InChI=1S/C10H19NO.2C2H6/c1-9-3-6-11(7-4-9)8-5-10(2)12;2*1-2/h9H,3-8H2,1-2H3;2*1-2H3. The molecule has 2 heteroatoms. The summed E-state index contributed by atoms with van der Waals surface area (Å²) in [6.07, 6.45) is 3.34. The summed E-state index contributed by atoms with van der Waals surface area (Å²) in [5, 5.41) is 0. The first-order valence-corrected chi connectivity index (χ1v) is 6.90. The molecule has 0 aromatic heterocycles. The first kappa shape index (κ1) is 18.0. The van der Waals surface area contributed by atoms with Crippen LogP contribution in [0.5, 0.6) is 0 Å². The highest BCUT2D eigenvalue weighted by molar-refractivity contribution is 5.75. The van der Waals surface area contributed by atoms with E-state index in [-0.39, 0.29) is 0 Å². The molecule has 2 nitrogen and oxygen atoms in total. The monoisotopic (exact) mass is 229 g/mol. The molecule has 98 valence electrons. The summed E-state index contributed by atoms with van der Waals surface area (Å²) in [6.45, 7) is 15.3. The molecule has 1 aliphatic heterocycles. The van der Waals surface area contributed by atoms with E-state index in [2.05, 4.69) is 11.8 Å². The fraction of sp³-hybridized carbons (Fsp3) is 0.929. The summed E-state index contributed by atoms with van der Waals surface area (Å²) in [4.78, 5) is 13.1. The molecule has 0 bridgehead atoms. The number of nitrogens with zero attached hydrogens (tertiary/aromatic N) is 1. The van der Waals surface area contributed by atoms with Crippen LogP contribution >= 0.6 is 0 Å². The molecule has 0 spiro atoms. The predicted molar refractivity (Wildman–Crippen MR) is 72.8 cm³/mol. The van der Waals surface area contributed by atoms with Gasteiger partial charge in [-0.15, -0.1) is 0 Å². The summed E-state index contributed by atoms with van der Waals surface area (Å²) < 4.78 is 0. The number of ketones is 1. The lowest BCUT2D eigenvalue weighted by Gasteiger charge is -2.29. The Morgan fingerprint density at radius 3 is 1.94 bits per heavy atom. The van der Waals surface area contributed by atoms with Gasteiger partial charge in [0, 0.05) is 13.0 Å². The SMILES string of the molecule is CC.CC.CC(=O)CCN1CCC(C)CC1. The van der Waals surface area contributed by atoms with Gasteiger partial charge in [-0.1, -0.05) is 34.6 Å². The van der Waals surface area contributed by atoms with Crippen LogP contribution < -0.4 is 0 Å². The van der Waals surface area contributed by atoms with Crippen LogP contribution in [0.4, 0.5) is 0 Å². The van der Waals surface area contributed by atoms with Crippen molar-refractivity contribution in [2.75, 3.05) is 19.6 Å². The quantitative estimate of drug-likeness (QED) is 0.734. The highest BCUT2D eigenvalue weighted by Gasteiger charge is 2.15. The van der Waals surface area contributed by atoms with Crippen molar-refractivity contribution in [3.05, 3.63) is 0 Å². The summed E-state index contributed by atoms with van der Waals surface area (Å²) in [7, 11) is 0. The minimum atomic E-state index is 0.314. The first-order valence-electron chi connectivity index (χ1n) is 6.90. The molecule has 0 saturated carbocycles. The normalized spacial score (nSPS) is 16.6. The van der Waals surface area contributed by atoms with E-state index in [0.29, 0.717) is 5.78 Å². The van der Waals surface area contributed by atoms with Gasteiger partial charge in [-0.25, -0.2) is 0 Å². The third kappa shape index (κ3) is 10.2. The number of likely N-dealkylation sites (tertiary alicyclic amines) is 1. The third-order valence-electron chi connectivity index (χ3n) is 2.66. The Balaban J connectivity index is 0. The molecule has 1 rings (SSSR count). The van der Waals surface area contributed by atoms with Crippen molar-refractivity contribution in [3.63, 3.8) is 0 Å². The van der Waals surface area contributed by atoms with Crippen LogP contribution in [0.15, 0.2) is 0 Å². The number of Topliss-reactive ketones (excluding diaryl/α,β-unsaturated/α-hetero) is 1. The minimum absolute atomic E-state index is 0.314. The average Bonchev–Trinajstić information content (AvgIpc) is 2.33. The van der Waals surface area contributed by atoms with Gasteiger partial charge < -0.3 is 4.90 Å². The van der Waals surface area contributed by atoms with Crippen LogP contribution in [0, 0.1) is 5.92 Å². The van der Waals surface area contributed by atoms with Crippen molar-refractivity contribution in [2.24, 2.45) is 5.92 Å². The molecule has 16 heavy (non-hydrogen) atoms. The fourth-order valence-electron chi connectivity index (χ4n) is 1.60. The first-order chi connectivity index (χ1) is 7.68. The molecule has 0 aliphatic carbocycles.